The maximum absolute atomic E-state index is 10.6. The SMILES string of the molecule is CC(C)=CCCC(C)=CCCC(C)=CCCC(C)(O)C=Cc1cc(O)cc(C)c1O. The third-order valence-electron chi connectivity index (χ3n) is 5.20. The van der Waals surface area contributed by atoms with Crippen molar-refractivity contribution in [2.75, 3.05) is 0 Å². The van der Waals surface area contributed by atoms with Crippen LogP contribution in [-0.2, 0) is 0 Å². The Morgan fingerprint density at radius 2 is 1.47 bits per heavy atom. The number of aliphatic hydroxyl groups is 1. The first-order chi connectivity index (χ1) is 14.0. The van der Waals surface area contributed by atoms with Gasteiger partial charge in [0.1, 0.15) is 11.5 Å². The predicted molar refractivity (Wildman–Crippen MR) is 129 cm³/mol. The maximum Gasteiger partial charge on any atom is 0.125 e. The van der Waals surface area contributed by atoms with Gasteiger partial charge in [-0.05, 0) is 97.8 Å². The normalized spacial score (nSPS) is 14.8. The van der Waals surface area contributed by atoms with Gasteiger partial charge in [-0.25, -0.2) is 0 Å². The van der Waals surface area contributed by atoms with Crippen LogP contribution < -0.4 is 0 Å². The van der Waals surface area contributed by atoms with Crippen molar-refractivity contribution in [2.45, 2.75) is 85.7 Å². The molecule has 3 heteroatoms. The maximum atomic E-state index is 10.6. The zero-order valence-electron chi connectivity index (χ0n) is 19.6. The van der Waals surface area contributed by atoms with Crippen LogP contribution in [0.25, 0.3) is 6.08 Å². The summed E-state index contributed by atoms with van der Waals surface area (Å²) in [5.74, 6) is 0.226. The first kappa shape index (κ1) is 25.8. The van der Waals surface area contributed by atoms with Crippen LogP contribution in [0, 0.1) is 6.92 Å². The molecule has 1 atom stereocenters. The number of phenols is 2. The summed E-state index contributed by atoms with van der Waals surface area (Å²) in [4.78, 5) is 0. The number of phenolic OH excluding ortho intramolecular Hbond substituents is 2. The molecule has 0 fully saturated rings. The Bertz CT molecular complexity index is 804. The summed E-state index contributed by atoms with van der Waals surface area (Å²) in [5, 5.41) is 30.4. The fourth-order valence-electron chi connectivity index (χ4n) is 3.22. The number of rotatable bonds is 11. The monoisotopic (exact) mass is 412 g/mol. The van der Waals surface area contributed by atoms with Gasteiger partial charge in [-0.1, -0.05) is 47.1 Å². The second kappa shape index (κ2) is 12.4. The lowest BCUT2D eigenvalue weighted by atomic mass is 9.96. The van der Waals surface area contributed by atoms with Gasteiger partial charge in [-0.2, -0.15) is 0 Å². The second-order valence-electron chi connectivity index (χ2n) is 8.89. The summed E-state index contributed by atoms with van der Waals surface area (Å²) >= 11 is 0. The van der Waals surface area contributed by atoms with Gasteiger partial charge in [-0.15, -0.1) is 0 Å². The van der Waals surface area contributed by atoms with E-state index in [1.54, 1.807) is 26.0 Å². The van der Waals surface area contributed by atoms with E-state index in [1.807, 2.05) is 0 Å². The fourth-order valence-corrected chi connectivity index (χ4v) is 3.22. The Labute approximate surface area is 183 Å². The minimum absolute atomic E-state index is 0.101. The lowest BCUT2D eigenvalue weighted by Gasteiger charge is -2.18. The zero-order chi connectivity index (χ0) is 22.7. The van der Waals surface area contributed by atoms with Crippen molar-refractivity contribution < 1.29 is 15.3 Å². The minimum Gasteiger partial charge on any atom is -0.508 e. The first-order valence-electron chi connectivity index (χ1n) is 10.9. The van der Waals surface area contributed by atoms with Gasteiger partial charge < -0.3 is 15.3 Å². The topological polar surface area (TPSA) is 60.7 Å². The molecule has 30 heavy (non-hydrogen) atoms. The largest absolute Gasteiger partial charge is 0.508 e. The summed E-state index contributed by atoms with van der Waals surface area (Å²) in [5.41, 5.74) is 4.29. The van der Waals surface area contributed by atoms with Crippen molar-refractivity contribution in [3.05, 3.63) is 64.3 Å². The molecule has 3 nitrogen and oxygen atoms in total. The van der Waals surface area contributed by atoms with Crippen LogP contribution in [0.1, 0.15) is 84.3 Å². The molecule has 0 bridgehead atoms. The number of allylic oxidation sites excluding steroid dienone is 6. The van der Waals surface area contributed by atoms with E-state index in [0.29, 0.717) is 17.5 Å². The van der Waals surface area contributed by atoms with Gasteiger partial charge in [0.25, 0.3) is 0 Å². The van der Waals surface area contributed by atoms with Gasteiger partial charge >= 0.3 is 0 Å². The lowest BCUT2D eigenvalue weighted by Crippen LogP contribution is -2.19. The lowest BCUT2D eigenvalue weighted by molar-refractivity contribution is 0.104. The predicted octanol–water partition coefficient (Wildman–Crippen LogP) is 7.37. The Hall–Kier alpha value is -2.26. The Morgan fingerprint density at radius 3 is 2.07 bits per heavy atom. The van der Waals surface area contributed by atoms with Crippen LogP contribution in [-0.4, -0.2) is 20.9 Å². The Balaban J connectivity index is 2.50. The first-order valence-corrected chi connectivity index (χ1v) is 10.9. The van der Waals surface area contributed by atoms with Crippen LogP contribution in [0.2, 0.25) is 0 Å². The summed E-state index contributed by atoms with van der Waals surface area (Å²) in [7, 11) is 0. The smallest absolute Gasteiger partial charge is 0.125 e. The highest BCUT2D eigenvalue weighted by molar-refractivity contribution is 5.62. The fraction of sp³-hybridized carbons (Fsp3) is 0.481. The molecule has 0 saturated carbocycles. The van der Waals surface area contributed by atoms with Gasteiger partial charge in [0.2, 0.25) is 0 Å². The molecule has 1 rings (SSSR count). The molecule has 0 spiro atoms. The molecule has 0 aliphatic rings. The van der Waals surface area contributed by atoms with Gasteiger partial charge in [-0.3, -0.25) is 0 Å². The molecule has 0 saturated heterocycles. The number of aromatic hydroxyl groups is 2. The van der Waals surface area contributed by atoms with Crippen molar-refractivity contribution in [3.8, 4) is 11.5 Å². The zero-order valence-corrected chi connectivity index (χ0v) is 19.6. The molecule has 0 aliphatic carbocycles. The van der Waals surface area contributed by atoms with Crippen LogP contribution in [0.4, 0.5) is 0 Å². The molecule has 166 valence electrons. The Morgan fingerprint density at radius 1 is 0.900 bits per heavy atom. The molecule has 3 N–H and O–H groups in total. The molecule has 1 aromatic carbocycles. The molecule has 0 heterocycles. The summed E-state index contributed by atoms with van der Waals surface area (Å²) in [6.45, 7) is 12.1. The van der Waals surface area contributed by atoms with Gasteiger partial charge in [0.15, 0.2) is 0 Å². The highest BCUT2D eigenvalue weighted by atomic mass is 16.3. The molecule has 0 aliphatic heterocycles. The van der Waals surface area contributed by atoms with E-state index in [9.17, 15) is 15.3 Å². The quantitative estimate of drug-likeness (QED) is 0.263. The highest BCUT2D eigenvalue weighted by Crippen LogP contribution is 2.29. The number of hydrogen-bond acceptors (Lipinski definition) is 3. The van der Waals surface area contributed by atoms with E-state index in [4.69, 9.17) is 0 Å². The van der Waals surface area contributed by atoms with E-state index in [1.165, 1.54) is 28.9 Å². The summed E-state index contributed by atoms with van der Waals surface area (Å²) in [6.07, 6.45) is 15.9. The van der Waals surface area contributed by atoms with Crippen molar-refractivity contribution >= 4 is 6.08 Å². The number of hydrogen-bond donors (Lipinski definition) is 3. The van der Waals surface area contributed by atoms with Crippen LogP contribution in [0.3, 0.4) is 0 Å². The van der Waals surface area contributed by atoms with E-state index in [0.717, 1.165) is 32.1 Å². The molecule has 1 aromatic rings. The van der Waals surface area contributed by atoms with Crippen LogP contribution >= 0.6 is 0 Å². The van der Waals surface area contributed by atoms with E-state index in [-0.39, 0.29) is 11.5 Å². The van der Waals surface area contributed by atoms with Crippen molar-refractivity contribution in [2.24, 2.45) is 0 Å². The third-order valence-corrected chi connectivity index (χ3v) is 5.20. The summed E-state index contributed by atoms with van der Waals surface area (Å²) in [6, 6.07) is 3.01. The standard InChI is InChI=1S/C27H40O3/c1-20(2)10-7-11-21(3)12-8-13-22(4)14-9-16-27(6,30)17-15-24-19-25(28)18-23(5)26(24)29/h10,12,14-15,17-19,28-30H,7-9,11,13,16H2,1-6H3. The minimum atomic E-state index is -0.982. The van der Waals surface area contributed by atoms with Crippen molar-refractivity contribution in [1.82, 2.24) is 0 Å². The molecule has 0 aromatic heterocycles. The van der Waals surface area contributed by atoms with E-state index >= 15 is 0 Å². The van der Waals surface area contributed by atoms with E-state index < -0.39 is 5.60 Å². The van der Waals surface area contributed by atoms with Crippen molar-refractivity contribution in [1.29, 1.82) is 0 Å². The van der Waals surface area contributed by atoms with Gasteiger partial charge in [0.05, 0.1) is 5.60 Å². The molecular formula is C27H40O3. The van der Waals surface area contributed by atoms with E-state index in [2.05, 4.69) is 45.9 Å². The van der Waals surface area contributed by atoms with Gasteiger partial charge in [0, 0.05) is 5.56 Å². The van der Waals surface area contributed by atoms with Crippen molar-refractivity contribution in [3.63, 3.8) is 0 Å². The molecule has 0 amide bonds. The van der Waals surface area contributed by atoms with Crippen LogP contribution in [0.5, 0.6) is 11.5 Å². The summed E-state index contributed by atoms with van der Waals surface area (Å²) < 4.78 is 0. The molecular weight excluding hydrogens is 372 g/mol. The molecule has 0 radical (unpaired) electrons. The number of aryl methyl sites for hydroxylation is 1. The average Bonchev–Trinajstić information content (AvgIpc) is 2.63. The molecule has 1 unspecified atom stereocenters. The highest BCUT2D eigenvalue weighted by Gasteiger charge is 2.15. The van der Waals surface area contributed by atoms with Crippen LogP contribution in [0.15, 0.2) is 53.2 Å². The number of benzene rings is 1. The second-order valence-corrected chi connectivity index (χ2v) is 8.89. The third kappa shape index (κ3) is 10.5. The Kier molecular flexibility index (Phi) is 10.7. The average molecular weight is 413 g/mol.